The Morgan fingerprint density at radius 2 is 1.11 bits per heavy atom. The molecule has 1 atom stereocenters. The van der Waals surface area contributed by atoms with E-state index in [0.717, 1.165) is 19.3 Å². The van der Waals surface area contributed by atoms with Crippen molar-refractivity contribution >= 4 is 11.9 Å². The monoisotopic (exact) mass is 396 g/mol. The first-order chi connectivity index (χ1) is 13.6. The third-order valence-electron chi connectivity index (χ3n) is 5.33. The summed E-state index contributed by atoms with van der Waals surface area (Å²) in [7, 11) is 0. The van der Waals surface area contributed by atoms with E-state index >= 15 is 0 Å². The first-order valence-corrected chi connectivity index (χ1v) is 11.7. The van der Waals surface area contributed by atoms with Gasteiger partial charge in [-0.1, -0.05) is 96.1 Å². The highest BCUT2D eigenvalue weighted by molar-refractivity contribution is 5.77. The zero-order valence-electron chi connectivity index (χ0n) is 18.2. The number of hydrogen-bond acceptors (Lipinski definition) is 2. The van der Waals surface area contributed by atoms with Gasteiger partial charge in [-0.2, -0.15) is 0 Å². The summed E-state index contributed by atoms with van der Waals surface area (Å²) in [5.74, 6) is -2.74. The summed E-state index contributed by atoms with van der Waals surface area (Å²) in [5.41, 5.74) is 0. The molecular weight excluding hydrogens is 352 g/mol. The zero-order chi connectivity index (χ0) is 20.9. The van der Waals surface area contributed by atoms with E-state index < -0.39 is 17.9 Å². The Balaban J connectivity index is 3.32. The Kier molecular flexibility index (Phi) is 19.5. The molecule has 0 aromatic heterocycles. The lowest BCUT2D eigenvalue weighted by atomic mass is 9.97. The molecule has 28 heavy (non-hydrogen) atoms. The molecule has 4 nitrogen and oxygen atoms in total. The van der Waals surface area contributed by atoms with Crippen LogP contribution in [0.15, 0.2) is 12.2 Å². The minimum Gasteiger partial charge on any atom is -0.481 e. The van der Waals surface area contributed by atoms with Gasteiger partial charge in [0, 0.05) is 0 Å². The Morgan fingerprint density at radius 1 is 0.679 bits per heavy atom. The molecule has 2 N–H and O–H groups in total. The maximum absolute atomic E-state index is 11.0. The van der Waals surface area contributed by atoms with Crippen LogP contribution in [0.1, 0.15) is 122 Å². The minimum absolute atomic E-state index is 0.262. The van der Waals surface area contributed by atoms with Gasteiger partial charge in [0.25, 0.3) is 0 Å². The van der Waals surface area contributed by atoms with Crippen molar-refractivity contribution in [3.63, 3.8) is 0 Å². The van der Waals surface area contributed by atoms with Gasteiger partial charge in [0.15, 0.2) is 0 Å². The second kappa shape index (κ2) is 20.4. The molecule has 0 aliphatic carbocycles. The van der Waals surface area contributed by atoms with Gasteiger partial charge in [-0.25, -0.2) is 0 Å². The summed E-state index contributed by atoms with van der Waals surface area (Å²) in [6, 6.07) is 0. The number of carboxylic acids is 2. The summed E-state index contributed by atoms with van der Waals surface area (Å²) in [6.45, 7) is 2.26. The van der Waals surface area contributed by atoms with Crippen molar-refractivity contribution in [2.24, 2.45) is 5.92 Å². The summed E-state index contributed by atoms with van der Waals surface area (Å²) in [5, 5.41) is 17.7. The topological polar surface area (TPSA) is 74.6 Å². The molecule has 0 spiro atoms. The molecule has 0 aromatic rings. The van der Waals surface area contributed by atoms with Gasteiger partial charge in [-0.05, 0) is 32.1 Å². The second-order valence-electron chi connectivity index (χ2n) is 8.07. The highest BCUT2D eigenvalue weighted by Gasteiger charge is 2.20. The van der Waals surface area contributed by atoms with E-state index in [9.17, 15) is 9.59 Å². The maximum Gasteiger partial charge on any atom is 0.307 e. The Hall–Kier alpha value is -1.32. The highest BCUT2D eigenvalue weighted by Crippen LogP contribution is 2.16. The molecular formula is C24H44O4. The molecule has 0 fully saturated rings. The lowest BCUT2D eigenvalue weighted by Crippen LogP contribution is -2.17. The number of rotatable bonds is 21. The Bertz CT molecular complexity index is 403. The van der Waals surface area contributed by atoms with Crippen LogP contribution in [-0.4, -0.2) is 22.2 Å². The molecule has 0 bridgehead atoms. The van der Waals surface area contributed by atoms with Gasteiger partial charge >= 0.3 is 11.9 Å². The van der Waals surface area contributed by atoms with Crippen LogP contribution >= 0.6 is 0 Å². The van der Waals surface area contributed by atoms with E-state index in [1.54, 1.807) is 0 Å². The van der Waals surface area contributed by atoms with Crippen LogP contribution in [0, 0.1) is 5.92 Å². The number of carbonyl (C=O) groups is 2. The molecule has 0 radical (unpaired) electrons. The van der Waals surface area contributed by atoms with Crippen LogP contribution in [0.5, 0.6) is 0 Å². The number of allylic oxidation sites excluding steroid dienone is 2. The third kappa shape index (κ3) is 19.4. The molecule has 0 aromatic carbocycles. The lowest BCUT2D eigenvalue weighted by Gasteiger charge is -2.09. The van der Waals surface area contributed by atoms with Gasteiger partial charge in [-0.15, -0.1) is 0 Å². The van der Waals surface area contributed by atoms with Gasteiger partial charge < -0.3 is 10.2 Å². The quantitative estimate of drug-likeness (QED) is 0.157. The van der Waals surface area contributed by atoms with Crippen LogP contribution in [0.25, 0.3) is 0 Å². The second-order valence-corrected chi connectivity index (χ2v) is 8.07. The van der Waals surface area contributed by atoms with Crippen LogP contribution in [0.4, 0.5) is 0 Å². The number of carboxylic acid groups (broad SMARTS) is 2. The van der Waals surface area contributed by atoms with Crippen molar-refractivity contribution in [3.8, 4) is 0 Å². The molecule has 4 heteroatoms. The SMILES string of the molecule is CCCCCCCCC/C=C/CCCCCCCCCC(CC(=O)O)C(=O)O. The van der Waals surface area contributed by atoms with Crippen LogP contribution in [0.2, 0.25) is 0 Å². The standard InChI is InChI=1S/C24H44O4/c1-2-3-4-5-6-7-8-9-10-11-12-13-14-15-16-17-18-19-20-22(24(27)28)21-23(25)26/h10-11,22H,2-9,12-21H2,1H3,(H,25,26)(H,27,28)/b11-10+. The fourth-order valence-corrected chi connectivity index (χ4v) is 3.52. The average Bonchev–Trinajstić information content (AvgIpc) is 2.65. The summed E-state index contributed by atoms with van der Waals surface area (Å²) in [6.07, 6.45) is 24.8. The zero-order valence-corrected chi connectivity index (χ0v) is 18.2. The molecule has 0 saturated heterocycles. The van der Waals surface area contributed by atoms with Crippen molar-refractivity contribution < 1.29 is 19.8 Å². The van der Waals surface area contributed by atoms with E-state index in [2.05, 4.69) is 19.1 Å². The Labute approximate surface area is 172 Å². The number of unbranched alkanes of at least 4 members (excludes halogenated alkanes) is 14. The van der Waals surface area contributed by atoms with Crippen molar-refractivity contribution in [2.45, 2.75) is 122 Å². The van der Waals surface area contributed by atoms with E-state index in [1.165, 1.54) is 83.5 Å². The van der Waals surface area contributed by atoms with Crippen molar-refractivity contribution in [1.29, 1.82) is 0 Å². The highest BCUT2D eigenvalue weighted by atomic mass is 16.4. The van der Waals surface area contributed by atoms with E-state index in [1.807, 2.05) is 0 Å². The van der Waals surface area contributed by atoms with E-state index in [-0.39, 0.29) is 6.42 Å². The van der Waals surface area contributed by atoms with E-state index in [4.69, 9.17) is 10.2 Å². The van der Waals surface area contributed by atoms with Crippen molar-refractivity contribution in [3.05, 3.63) is 12.2 Å². The molecule has 164 valence electrons. The molecule has 0 amide bonds. The fraction of sp³-hybridized carbons (Fsp3) is 0.833. The van der Waals surface area contributed by atoms with Gasteiger partial charge in [-0.3, -0.25) is 9.59 Å². The largest absolute Gasteiger partial charge is 0.481 e. The summed E-state index contributed by atoms with van der Waals surface area (Å²) in [4.78, 5) is 21.6. The molecule has 0 aliphatic rings. The first kappa shape index (κ1) is 26.7. The lowest BCUT2D eigenvalue weighted by molar-refractivity contribution is -0.148. The van der Waals surface area contributed by atoms with Crippen molar-refractivity contribution in [1.82, 2.24) is 0 Å². The number of hydrogen-bond donors (Lipinski definition) is 2. The molecule has 0 saturated carbocycles. The minimum atomic E-state index is -1.02. The van der Waals surface area contributed by atoms with Gasteiger partial charge in [0.1, 0.15) is 0 Å². The summed E-state index contributed by atoms with van der Waals surface area (Å²) < 4.78 is 0. The Morgan fingerprint density at radius 3 is 1.54 bits per heavy atom. The molecule has 0 aliphatic heterocycles. The molecule has 0 heterocycles. The molecule has 0 rings (SSSR count). The molecule has 1 unspecified atom stereocenters. The van der Waals surface area contributed by atoms with Crippen LogP contribution in [0.3, 0.4) is 0 Å². The van der Waals surface area contributed by atoms with Crippen LogP contribution in [-0.2, 0) is 9.59 Å². The first-order valence-electron chi connectivity index (χ1n) is 11.7. The smallest absolute Gasteiger partial charge is 0.307 e. The fourth-order valence-electron chi connectivity index (χ4n) is 3.52. The normalized spacial score (nSPS) is 12.5. The average molecular weight is 397 g/mol. The van der Waals surface area contributed by atoms with Gasteiger partial charge in [0.05, 0.1) is 12.3 Å². The van der Waals surface area contributed by atoms with Gasteiger partial charge in [0.2, 0.25) is 0 Å². The predicted octanol–water partition coefficient (Wildman–Crippen LogP) is 7.37. The van der Waals surface area contributed by atoms with Crippen molar-refractivity contribution in [2.75, 3.05) is 0 Å². The van der Waals surface area contributed by atoms with Crippen LogP contribution < -0.4 is 0 Å². The maximum atomic E-state index is 11.0. The summed E-state index contributed by atoms with van der Waals surface area (Å²) >= 11 is 0. The van der Waals surface area contributed by atoms with E-state index in [0.29, 0.717) is 6.42 Å². The number of aliphatic carboxylic acids is 2. The predicted molar refractivity (Wildman–Crippen MR) is 117 cm³/mol. The third-order valence-corrected chi connectivity index (χ3v) is 5.33.